The minimum atomic E-state index is -0.319. The van der Waals surface area contributed by atoms with Gasteiger partial charge in [0.1, 0.15) is 5.82 Å². The molecule has 2 aromatic carbocycles. The SMILES string of the molecule is CC(=O)Nc1cccc2c1N(C(=O)Cc1ccc(F)cc1)CC2. The fourth-order valence-electron chi connectivity index (χ4n) is 2.87. The molecule has 0 bridgehead atoms. The molecule has 118 valence electrons. The normalized spacial score (nSPS) is 12.9. The summed E-state index contributed by atoms with van der Waals surface area (Å²) in [4.78, 5) is 25.7. The summed E-state index contributed by atoms with van der Waals surface area (Å²) < 4.78 is 13.0. The molecule has 0 atom stereocenters. The summed E-state index contributed by atoms with van der Waals surface area (Å²) in [6.45, 7) is 2.03. The molecule has 0 saturated carbocycles. The maximum atomic E-state index is 13.0. The minimum absolute atomic E-state index is 0.0619. The standard InChI is InChI=1S/C18H17FN2O2/c1-12(22)20-16-4-2-3-14-9-10-21(18(14)16)17(23)11-13-5-7-15(19)8-6-13/h2-8H,9-11H2,1H3,(H,20,22). The van der Waals surface area contributed by atoms with Crippen molar-refractivity contribution in [3.05, 3.63) is 59.4 Å². The van der Waals surface area contributed by atoms with Crippen LogP contribution in [0.4, 0.5) is 15.8 Å². The first kappa shape index (κ1) is 15.2. The van der Waals surface area contributed by atoms with Gasteiger partial charge in [0, 0.05) is 13.5 Å². The van der Waals surface area contributed by atoms with E-state index in [-0.39, 0.29) is 24.1 Å². The van der Waals surface area contributed by atoms with Crippen LogP contribution in [0.15, 0.2) is 42.5 Å². The van der Waals surface area contributed by atoms with Crippen LogP contribution in [0, 0.1) is 5.82 Å². The fraction of sp³-hybridized carbons (Fsp3) is 0.222. The maximum absolute atomic E-state index is 13.0. The van der Waals surface area contributed by atoms with Crippen LogP contribution in [0.25, 0.3) is 0 Å². The summed E-state index contributed by atoms with van der Waals surface area (Å²) in [5, 5.41) is 2.78. The number of rotatable bonds is 3. The summed E-state index contributed by atoms with van der Waals surface area (Å²) >= 11 is 0. The van der Waals surface area contributed by atoms with Gasteiger partial charge in [-0.15, -0.1) is 0 Å². The quantitative estimate of drug-likeness (QED) is 0.947. The number of halogens is 1. The molecule has 1 aliphatic heterocycles. The van der Waals surface area contributed by atoms with Gasteiger partial charge in [0.15, 0.2) is 0 Å². The van der Waals surface area contributed by atoms with Gasteiger partial charge in [0.05, 0.1) is 17.8 Å². The van der Waals surface area contributed by atoms with Crippen LogP contribution in [0.3, 0.4) is 0 Å². The molecule has 1 heterocycles. The average molecular weight is 312 g/mol. The Labute approximate surface area is 133 Å². The molecule has 0 fully saturated rings. The number of nitrogens with zero attached hydrogens (tertiary/aromatic N) is 1. The largest absolute Gasteiger partial charge is 0.325 e. The number of hydrogen-bond donors (Lipinski definition) is 1. The van der Waals surface area contributed by atoms with Crippen LogP contribution < -0.4 is 10.2 Å². The molecule has 0 unspecified atom stereocenters. The number of anilines is 2. The highest BCUT2D eigenvalue weighted by atomic mass is 19.1. The number of carbonyl (C=O) groups excluding carboxylic acids is 2. The first-order valence-corrected chi connectivity index (χ1v) is 7.49. The molecule has 0 radical (unpaired) electrons. The van der Waals surface area contributed by atoms with Crippen molar-refractivity contribution >= 4 is 23.2 Å². The molecule has 0 aromatic heterocycles. The smallest absolute Gasteiger partial charge is 0.231 e. The van der Waals surface area contributed by atoms with E-state index < -0.39 is 0 Å². The molecule has 1 aliphatic rings. The van der Waals surface area contributed by atoms with Gasteiger partial charge in [-0.2, -0.15) is 0 Å². The molecule has 5 heteroatoms. The Morgan fingerprint density at radius 2 is 1.91 bits per heavy atom. The highest BCUT2D eigenvalue weighted by Gasteiger charge is 2.27. The van der Waals surface area contributed by atoms with Gasteiger partial charge in [0.25, 0.3) is 0 Å². The molecule has 2 amide bonds. The predicted octanol–water partition coefficient (Wildman–Crippen LogP) is 2.92. The van der Waals surface area contributed by atoms with E-state index >= 15 is 0 Å². The molecule has 0 saturated heterocycles. The molecule has 4 nitrogen and oxygen atoms in total. The lowest BCUT2D eigenvalue weighted by molar-refractivity contribution is -0.118. The van der Waals surface area contributed by atoms with E-state index in [0.717, 1.165) is 23.2 Å². The van der Waals surface area contributed by atoms with Gasteiger partial charge < -0.3 is 10.2 Å². The van der Waals surface area contributed by atoms with E-state index in [1.54, 1.807) is 23.1 Å². The maximum Gasteiger partial charge on any atom is 0.231 e. The second-order valence-electron chi connectivity index (χ2n) is 5.59. The first-order valence-electron chi connectivity index (χ1n) is 7.49. The van der Waals surface area contributed by atoms with Crippen molar-refractivity contribution in [3.63, 3.8) is 0 Å². The molecule has 23 heavy (non-hydrogen) atoms. The van der Waals surface area contributed by atoms with Crippen molar-refractivity contribution in [3.8, 4) is 0 Å². The Morgan fingerprint density at radius 3 is 2.61 bits per heavy atom. The third-order valence-corrected chi connectivity index (χ3v) is 3.87. The van der Waals surface area contributed by atoms with Crippen LogP contribution in [-0.2, 0) is 22.4 Å². The molecule has 1 N–H and O–H groups in total. The van der Waals surface area contributed by atoms with E-state index in [9.17, 15) is 14.0 Å². The topological polar surface area (TPSA) is 49.4 Å². The molecule has 3 rings (SSSR count). The van der Waals surface area contributed by atoms with E-state index in [4.69, 9.17) is 0 Å². The lowest BCUT2D eigenvalue weighted by atomic mass is 10.1. The number of carbonyl (C=O) groups is 2. The number of benzene rings is 2. The van der Waals surface area contributed by atoms with Gasteiger partial charge in [-0.1, -0.05) is 24.3 Å². The second kappa shape index (κ2) is 6.20. The van der Waals surface area contributed by atoms with Crippen LogP contribution in [0.2, 0.25) is 0 Å². The second-order valence-corrected chi connectivity index (χ2v) is 5.59. The van der Waals surface area contributed by atoms with Gasteiger partial charge >= 0.3 is 0 Å². The number of hydrogen-bond acceptors (Lipinski definition) is 2. The zero-order chi connectivity index (χ0) is 16.4. The number of amides is 2. The van der Waals surface area contributed by atoms with Gasteiger partial charge in [0.2, 0.25) is 11.8 Å². The summed E-state index contributed by atoms with van der Waals surface area (Å²) in [7, 11) is 0. The Morgan fingerprint density at radius 1 is 1.17 bits per heavy atom. The lowest BCUT2D eigenvalue weighted by Crippen LogP contribution is -2.31. The summed E-state index contributed by atoms with van der Waals surface area (Å²) in [5.74, 6) is -0.551. The fourth-order valence-corrected chi connectivity index (χ4v) is 2.87. The summed E-state index contributed by atoms with van der Waals surface area (Å²) in [5.41, 5.74) is 3.24. The minimum Gasteiger partial charge on any atom is -0.325 e. The van der Waals surface area contributed by atoms with Crippen molar-refractivity contribution in [1.29, 1.82) is 0 Å². The number of nitrogens with one attached hydrogen (secondary N) is 1. The van der Waals surface area contributed by atoms with E-state index in [1.165, 1.54) is 19.1 Å². The zero-order valence-electron chi connectivity index (χ0n) is 12.8. The average Bonchev–Trinajstić information content (AvgIpc) is 2.94. The number of fused-ring (bicyclic) bond motifs is 1. The molecule has 0 aliphatic carbocycles. The monoisotopic (exact) mass is 312 g/mol. The number of para-hydroxylation sites is 1. The van der Waals surface area contributed by atoms with Crippen molar-refractivity contribution in [1.82, 2.24) is 0 Å². The summed E-state index contributed by atoms with van der Waals surface area (Å²) in [6, 6.07) is 11.6. The highest BCUT2D eigenvalue weighted by Crippen LogP contribution is 2.35. The molecular formula is C18H17FN2O2. The van der Waals surface area contributed by atoms with Crippen molar-refractivity contribution in [2.45, 2.75) is 19.8 Å². The van der Waals surface area contributed by atoms with Crippen molar-refractivity contribution in [2.24, 2.45) is 0 Å². The Kier molecular flexibility index (Phi) is 4.10. The van der Waals surface area contributed by atoms with E-state index in [0.29, 0.717) is 12.2 Å². The van der Waals surface area contributed by atoms with Crippen LogP contribution in [0.5, 0.6) is 0 Å². The molecule has 2 aromatic rings. The third kappa shape index (κ3) is 3.23. The van der Waals surface area contributed by atoms with Gasteiger partial charge in [-0.05, 0) is 35.7 Å². The van der Waals surface area contributed by atoms with Crippen molar-refractivity contribution in [2.75, 3.05) is 16.8 Å². The van der Waals surface area contributed by atoms with Crippen LogP contribution in [-0.4, -0.2) is 18.4 Å². The van der Waals surface area contributed by atoms with Crippen LogP contribution in [0.1, 0.15) is 18.1 Å². The Bertz CT molecular complexity index is 756. The van der Waals surface area contributed by atoms with Crippen molar-refractivity contribution < 1.29 is 14.0 Å². The third-order valence-electron chi connectivity index (χ3n) is 3.87. The first-order chi connectivity index (χ1) is 11.0. The zero-order valence-corrected chi connectivity index (χ0v) is 12.8. The van der Waals surface area contributed by atoms with Gasteiger partial charge in [-0.3, -0.25) is 9.59 Å². The molecular weight excluding hydrogens is 295 g/mol. The van der Waals surface area contributed by atoms with E-state index in [2.05, 4.69) is 5.32 Å². The molecule has 0 spiro atoms. The Hall–Kier alpha value is -2.69. The highest BCUT2D eigenvalue weighted by molar-refractivity contribution is 6.03. The van der Waals surface area contributed by atoms with E-state index in [1.807, 2.05) is 12.1 Å². The summed E-state index contributed by atoms with van der Waals surface area (Å²) in [6.07, 6.45) is 0.964. The lowest BCUT2D eigenvalue weighted by Gasteiger charge is -2.20. The predicted molar refractivity (Wildman–Crippen MR) is 86.9 cm³/mol. The van der Waals surface area contributed by atoms with Crippen LogP contribution >= 0.6 is 0 Å². The Balaban J connectivity index is 1.85. The van der Waals surface area contributed by atoms with Gasteiger partial charge in [-0.25, -0.2) is 4.39 Å².